The number of amides is 1. The van der Waals surface area contributed by atoms with Crippen molar-refractivity contribution in [2.45, 2.75) is 19.8 Å². The number of anilines is 2. The molecular formula is C15H17ClN4O. The third-order valence-corrected chi connectivity index (χ3v) is 3.06. The fraction of sp³-hybridized carbons (Fsp3) is 0.267. The van der Waals surface area contributed by atoms with E-state index in [0.717, 1.165) is 18.5 Å². The highest BCUT2D eigenvalue weighted by molar-refractivity contribution is 6.30. The van der Waals surface area contributed by atoms with Crippen molar-refractivity contribution in [2.24, 2.45) is 0 Å². The molecule has 0 aliphatic rings. The number of carbonyl (C=O) groups excluding carboxylic acids is 1. The average molecular weight is 305 g/mol. The van der Waals surface area contributed by atoms with Gasteiger partial charge in [-0.15, -0.1) is 0 Å². The fourth-order valence-corrected chi connectivity index (χ4v) is 1.80. The summed E-state index contributed by atoms with van der Waals surface area (Å²) in [7, 11) is 0. The third-order valence-electron chi connectivity index (χ3n) is 2.80. The molecule has 0 saturated carbocycles. The Labute approximate surface area is 128 Å². The minimum atomic E-state index is -0.190. The van der Waals surface area contributed by atoms with Crippen molar-refractivity contribution >= 4 is 29.1 Å². The van der Waals surface area contributed by atoms with Crippen LogP contribution in [-0.4, -0.2) is 22.4 Å². The van der Waals surface area contributed by atoms with E-state index in [-0.39, 0.29) is 5.91 Å². The van der Waals surface area contributed by atoms with Crippen LogP contribution in [0.3, 0.4) is 0 Å². The van der Waals surface area contributed by atoms with Crippen molar-refractivity contribution < 1.29 is 4.79 Å². The Kier molecular flexibility index (Phi) is 5.51. The largest absolute Gasteiger partial charge is 0.351 e. The molecule has 0 spiro atoms. The fourth-order valence-electron chi connectivity index (χ4n) is 1.68. The van der Waals surface area contributed by atoms with E-state index < -0.39 is 0 Å². The summed E-state index contributed by atoms with van der Waals surface area (Å²) in [4.78, 5) is 20.2. The Morgan fingerprint density at radius 1 is 1.24 bits per heavy atom. The standard InChI is InChI=1S/C15H17ClN4O/c1-2-3-9-17-14(21)13-8-10-18-15(20-13)19-12-6-4-11(16)5-7-12/h4-8,10H,2-3,9H2,1H3,(H,17,21)(H,18,19,20). The van der Waals surface area contributed by atoms with Crippen molar-refractivity contribution in [3.05, 3.63) is 47.2 Å². The summed E-state index contributed by atoms with van der Waals surface area (Å²) < 4.78 is 0. The molecule has 1 amide bonds. The van der Waals surface area contributed by atoms with Crippen LogP contribution in [0.4, 0.5) is 11.6 Å². The van der Waals surface area contributed by atoms with Gasteiger partial charge in [0.15, 0.2) is 0 Å². The highest BCUT2D eigenvalue weighted by Gasteiger charge is 2.08. The molecule has 21 heavy (non-hydrogen) atoms. The first-order valence-corrected chi connectivity index (χ1v) is 7.20. The van der Waals surface area contributed by atoms with Crippen LogP contribution in [0.1, 0.15) is 30.3 Å². The molecule has 0 bridgehead atoms. The molecule has 2 rings (SSSR count). The van der Waals surface area contributed by atoms with Crippen LogP contribution in [-0.2, 0) is 0 Å². The van der Waals surface area contributed by atoms with E-state index in [4.69, 9.17) is 11.6 Å². The number of halogens is 1. The number of aromatic nitrogens is 2. The molecule has 0 aliphatic carbocycles. The van der Waals surface area contributed by atoms with Gasteiger partial charge in [0, 0.05) is 23.5 Å². The number of carbonyl (C=O) groups is 1. The minimum Gasteiger partial charge on any atom is -0.351 e. The molecule has 110 valence electrons. The number of unbranched alkanes of at least 4 members (excludes halogenated alkanes) is 1. The van der Waals surface area contributed by atoms with Gasteiger partial charge in [-0.05, 0) is 36.8 Å². The Morgan fingerprint density at radius 3 is 2.71 bits per heavy atom. The zero-order valence-corrected chi connectivity index (χ0v) is 12.5. The van der Waals surface area contributed by atoms with Crippen LogP contribution in [0.5, 0.6) is 0 Å². The Balaban J connectivity index is 2.03. The normalized spacial score (nSPS) is 10.2. The number of hydrogen-bond acceptors (Lipinski definition) is 4. The lowest BCUT2D eigenvalue weighted by atomic mass is 10.3. The topological polar surface area (TPSA) is 66.9 Å². The van der Waals surface area contributed by atoms with Crippen molar-refractivity contribution in [2.75, 3.05) is 11.9 Å². The first-order valence-electron chi connectivity index (χ1n) is 6.83. The number of nitrogens with zero attached hydrogens (tertiary/aromatic N) is 2. The Bertz CT molecular complexity index is 601. The van der Waals surface area contributed by atoms with Crippen molar-refractivity contribution in [1.82, 2.24) is 15.3 Å². The summed E-state index contributed by atoms with van der Waals surface area (Å²) in [5, 5.41) is 6.51. The number of nitrogens with one attached hydrogen (secondary N) is 2. The first kappa shape index (κ1) is 15.3. The first-order chi connectivity index (χ1) is 10.2. The van der Waals surface area contributed by atoms with Crippen LogP contribution < -0.4 is 10.6 Å². The molecule has 0 unspecified atom stereocenters. The molecule has 1 aromatic heterocycles. The van der Waals surface area contributed by atoms with Crippen LogP contribution >= 0.6 is 11.6 Å². The predicted molar refractivity (Wildman–Crippen MR) is 84.0 cm³/mol. The van der Waals surface area contributed by atoms with Gasteiger partial charge in [-0.3, -0.25) is 4.79 Å². The zero-order valence-electron chi connectivity index (χ0n) is 11.8. The molecule has 0 aliphatic heterocycles. The Hall–Kier alpha value is -2.14. The van der Waals surface area contributed by atoms with E-state index in [2.05, 4.69) is 27.5 Å². The van der Waals surface area contributed by atoms with Gasteiger partial charge in [-0.1, -0.05) is 24.9 Å². The van der Waals surface area contributed by atoms with E-state index in [9.17, 15) is 4.79 Å². The monoisotopic (exact) mass is 304 g/mol. The van der Waals surface area contributed by atoms with E-state index >= 15 is 0 Å². The maximum Gasteiger partial charge on any atom is 0.270 e. The lowest BCUT2D eigenvalue weighted by Crippen LogP contribution is -2.25. The van der Waals surface area contributed by atoms with Gasteiger partial charge in [0.05, 0.1) is 0 Å². The lowest BCUT2D eigenvalue weighted by molar-refractivity contribution is 0.0948. The van der Waals surface area contributed by atoms with Crippen LogP contribution in [0.2, 0.25) is 5.02 Å². The second-order valence-electron chi connectivity index (χ2n) is 4.51. The molecular weight excluding hydrogens is 288 g/mol. The number of rotatable bonds is 6. The zero-order chi connectivity index (χ0) is 15.1. The molecule has 6 heteroatoms. The third kappa shape index (κ3) is 4.72. The number of hydrogen-bond donors (Lipinski definition) is 2. The molecule has 0 radical (unpaired) electrons. The second-order valence-corrected chi connectivity index (χ2v) is 4.94. The van der Waals surface area contributed by atoms with Gasteiger partial charge in [-0.25, -0.2) is 9.97 Å². The van der Waals surface area contributed by atoms with Gasteiger partial charge in [0.2, 0.25) is 5.95 Å². The van der Waals surface area contributed by atoms with E-state index in [1.165, 1.54) is 0 Å². The smallest absolute Gasteiger partial charge is 0.270 e. The molecule has 2 N–H and O–H groups in total. The summed E-state index contributed by atoms with van der Waals surface area (Å²) in [5.41, 5.74) is 1.15. The maximum atomic E-state index is 11.9. The summed E-state index contributed by atoms with van der Waals surface area (Å²) in [5.74, 6) is 0.186. The molecule has 1 heterocycles. The minimum absolute atomic E-state index is 0.190. The second kappa shape index (κ2) is 7.59. The van der Waals surface area contributed by atoms with Gasteiger partial charge in [0.25, 0.3) is 5.91 Å². The molecule has 5 nitrogen and oxygen atoms in total. The van der Waals surface area contributed by atoms with E-state index in [0.29, 0.717) is 23.2 Å². The molecule has 1 aromatic carbocycles. The van der Waals surface area contributed by atoms with Gasteiger partial charge < -0.3 is 10.6 Å². The van der Waals surface area contributed by atoms with Gasteiger partial charge in [-0.2, -0.15) is 0 Å². The highest BCUT2D eigenvalue weighted by atomic mass is 35.5. The van der Waals surface area contributed by atoms with Gasteiger partial charge >= 0.3 is 0 Å². The summed E-state index contributed by atoms with van der Waals surface area (Å²) >= 11 is 5.83. The summed E-state index contributed by atoms with van der Waals surface area (Å²) in [6.07, 6.45) is 3.54. The van der Waals surface area contributed by atoms with Gasteiger partial charge in [0.1, 0.15) is 5.69 Å². The SMILES string of the molecule is CCCCNC(=O)c1ccnc(Nc2ccc(Cl)cc2)n1. The maximum absolute atomic E-state index is 11.9. The van der Waals surface area contributed by atoms with Crippen LogP contribution in [0, 0.1) is 0 Å². The van der Waals surface area contributed by atoms with Crippen LogP contribution in [0.25, 0.3) is 0 Å². The Morgan fingerprint density at radius 2 is 2.00 bits per heavy atom. The van der Waals surface area contributed by atoms with E-state index in [1.54, 1.807) is 24.4 Å². The summed E-state index contributed by atoms with van der Waals surface area (Å²) in [6, 6.07) is 8.77. The number of benzene rings is 1. The predicted octanol–water partition coefficient (Wildman–Crippen LogP) is 3.40. The molecule has 0 atom stereocenters. The average Bonchev–Trinajstić information content (AvgIpc) is 2.50. The molecule has 0 fully saturated rings. The quantitative estimate of drug-likeness (QED) is 0.803. The van der Waals surface area contributed by atoms with Crippen molar-refractivity contribution in [3.63, 3.8) is 0 Å². The van der Waals surface area contributed by atoms with Crippen molar-refractivity contribution in [1.29, 1.82) is 0 Å². The van der Waals surface area contributed by atoms with Crippen LogP contribution in [0.15, 0.2) is 36.5 Å². The molecule has 2 aromatic rings. The molecule has 0 saturated heterocycles. The lowest BCUT2D eigenvalue weighted by Gasteiger charge is -2.07. The van der Waals surface area contributed by atoms with E-state index in [1.807, 2.05) is 12.1 Å². The highest BCUT2D eigenvalue weighted by Crippen LogP contribution is 2.16. The summed E-state index contributed by atoms with van der Waals surface area (Å²) in [6.45, 7) is 2.73. The van der Waals surface area contributed by atoms with Crippen molar-refractivity contribution in [3.8, 4) is 0 Å².